The maximum Gasteiger partial charge on any atom is 0.321 e. The predicted molar refractivity (Wildman–Crippen MR) is 79.4 cm³/mol. The predicted octanol–water partition coefficient (Wildman–Crippen LogP) is 1.15. The van der Waals surface area contributed by atoms with Gasteiger partial charge in [0.1, 0.15) is 6.04 Å². The van der Waals surface area contributed by atoms with E-state index >= 15 is 0 Å². The molecule has 0 aliphatic heterocycles. The average Bonchev–Trinajstić information content (AvgIpc) is 2.96. The van der Waals surface area contributed by atoms with Crippen LogP contribution in [0.3, 0.4) is 0 Å². The van der Waals surface area contributed by atoms with Crippen molar-refractivity contribution in [3.8, 4) is 11.1 Å². The molecule has 1 aromatic heterocycles. The Bertz CT molecular complexity index is 665. The van der Waals surface area contributed by atoms with Gasteiger partial charge in [0.05, 0.1) is 6.20 Å². The zero-order valence-electron chi connectivity index (χ0n) is 11.8. The number of aromatic nitrogens is 2. The summed E-state index contributed by atoms with van der Waals surface area (Å²) in [7, 11) is 1.44. The maximum atomic E-state index is 11.9. The van der Waals surface area contributed by atoms with Crippen molar-refractivity contribution in [1.29, 1.82) is 0 Å². The summed E-state index contributed by atoms with van der Waals surface area (Å²) in [6.45, 7) is 1.66. The molecular weight excluding hydrogens is 270 g/mol. The van der Waals surface area contributed by atoms with E-state index in [1.807, 2.05) is 18.2 Å². The number of carbonyl (C=O) groups is 2. The van der Waals surface area contributed by atoms with Crippen LogP contribution in [0.15, 0.2) is 36.7 Å². The molecule has 0 radical (unpaired) electrons. The highest BCUT2D eigenvalue weighted by atomic mass is 16.2. The summed E-state index contributed by atoms with van der Waals surface area (Å²) < 4.78 is 1.50. The summed E-state index contributed by atoms with van der Waals surface area (Å²) in [4.78, 5) is 23.0. The van der Waals surface area contributed by atoms with E-state index in [0.29, 0.717) is 5.69 Å². The van der Waals surface area contributed by atoms with Crippen molar-refractivity contribution in [2.45, 2.75) is 13.0 Å². The van der Waals surface area contributed by atoms with Gasteiger partial charge in [-0.05, 0) is 24.6 Å². The number of imide groups is 1. The summed E-state index contributed by atoms with van der Waals surface area (Å²) in [5.74, 6) is -0.434. The number of carbonyl (C=O) groups excluding carboxylic acids is 2. The van der Waals surface area contributed by atoms with Gasteiger partial charge in [-0.25, -0.2) is 4.79 Å². The number of hydrogen-bond donors (Lipinski definition) is 3. The summed E-state index contributed by atoms with van der Waals surface area (Å²) in [5, 5.41) is 8.70. The van der Waals surface area contributed by atoms with Crippen molar-refractivity contribution in [2.75, 3.05) is 12.8 Å². The summed E-state index contributed by atoms with van der Waals surface area (Å²) in [5.41, 5.74) is 8.17. The second-order valence-corrected chi connectivity index (χ2v) is 4.58. The van der Waals surface area contributed by atoms with E-state index in [0.717, 1.165) is 11.1 Å². The van der Waals surface area contributed by atoms with Crippen LogP contribution in [-0.4, -0.2) is 28.8 Å². The highest BCUT2D eigenvalue weighted by Gasteiger charge is 2.18. The molecule has 1 aromatic carbocycles. The van der Waals surface area contributed by atoms with Crippen molar-refractivity contribution in [1.82, 2.24) is 20.4 Å². The van der Waals surface area contributed by atoms with Gasteiger partial charge in [0, 0.05) is 24.5 Å². The zero-order valence-corrected chi connectivity index (χ0v) is 11.8. The molecule has 0 bridgehead atoms. The molecule has 0 spiro atoms. The Kier molecular flexibility index (Phi) is 4.22. The Hall–Kier alpha value is -2.83. The molecule has 2 rings (SSSR count). The van der Waals surface area contributed by atoms with Gasteiger partial charge < -0.3 is 11.1 Å². The van der Waals surface area contributed by atoms with Gasteiger partial charge in [-0.3, -0.25) is 14.8 Å². The lowest BCUT2D eigenvalue weighted by molar-refractivity contribution is -0.123. The molecule has 7 nitrogen and oxygen atoms in total. The Morgan fingerprint density at radius 3 is 2.76 bits per heavy atom. The molecule has 110 valence electrons. The molecule has 1 atom stereocenters. The molecule has 3 amide bonds. The highest BCUT2D eigenvalue weighted by Crippen LogP contribution is 2.21. The first-order chi connectivity index (χ1) is 10.0. The molecule has 1 heterocycles. The van der Waals surface area contributed by atoms with Gasteiger partial charge >= 0.3 is 6.03 Å². The molecule has 1 unspecified atom stereocenters. The normalized spacial score (nSPS) is 11.7. The van der Waals surface area contributed by atoms with Gasteiger partial charge in [-0.15, -0.1) is 0 Å². The lowest BCUT2D eigenvalue weighted by atomic mass is 10.1. The fourth-order valence-electron chi connectivity index (χ4n) is 1.82. The van der Waals surface area contributed by atoms with Crippen molar-refractivity contribution >= 4 is 17.6 Å². The largest absolute Gasteiger partial charge is 0.399 e. The summed E-state index contributed by atoms with van der Waals surface area (Å²) in [6, 6.07) is 6.24. The first-order valence-electron chi connectivity index (χ1n) is 6.44. The van der Waals surface area contributed by atoms with Crippen LogP contribution in [0.25, 0.3) is 11.1 Å². The number of nitrogen functional groups attached to an aromatic ring is 1. The van der Waals surface area contributed by atoms with Gasteiger partial charge in [0.25, 0.3) is 5.91 Å². The van der Waals surface area contributed by atoms with Crippen LogP contribution in [-0.2, 0) is 4.79 Å². The number of hydrogen-bond acceptors (Lipinski definition) is 4. The number of amides is 3. The monoisotopic (exact) mass is 287 g/mol. The van der Waals surface area contributed by atoms with Crippen molar-refractivity contribution in [3.63, 3.8) is 0 Å². The second-order valence-electron chi connectivity index (χ2n) is 4.58. The maximum absolute atomic E-state index is 11.9. The second kappa shape index (κ2) is 6.08. The number of nitrogens with one attached hydrogen (secondary N) is 2. The number of anilines is 1. The fourth-order valence-corrected chi connectivity index (χ4v) is 1.82. The summed E-state index contributed by atoms with van der Waals surface area (Å²) in [6.07, 6.45) is 3.39. The number of nitrogens with two attached hydrogens (primary N) is 1. The molecule has 0 aliphatic carbocycles. The highest BCUT2D eigenvalue weighted by molar-refractivity contribution is 5.95. The van der Waals surface area contributed by atoms with E-state index in [1.54, 1.807) is 25.4 Å². The van der Waals surface area contributed by atoms with Crippen LogP contribution in [0.1, 0.15) is 13.0 Å². The zero-order chi connectivity index (χ0) is 15.4. The minimum absolute atomic E-state index is 0.434. The third-order valence-electron chi connectivity index (χ3n) is 3.06. The Balaban J connectivity index is 2.16. The van der Waals surface area contributed by atoms with Crippen LogP contribution in [0.2, 0.25) is 0 Å². The summed E-state index contributed by atoms with van der Waals surface area (Å²) >= 11 is 0. The van der Waals surface area contributed by atoms with Crippen molar-refractivity contribution < 1.29 is 9.59 Å². The number of urea groups is 1. The Morgan fingerprint density at radius 2 is 2.10 bits per heavy atom. The van der Waals surface area contributed by atoms with E-state index in [-0.39, 0.29) is 0 Å². The first-order valence-corrected chi connectivity index (χ1v) is 6.44. The van der Waals surface area contributed by atoms with Crippen molar-refractivity contribution in [2.24, 2.45) is 0 Å². The molecule has 0 saturated carbocycles. The van der Waals surface area contributed by atoms with Crippen LogP contribution in [0.5, 0.6) is 0 Å². The van der Waals surface area contributed by atoms with E-state index in [1.165, 1.54) is 11.7 Å². The van der Waals surface area contributed by atoms with Gasteiger partial charge in [0.15, 0.2) is 0 Å². The molecule has 2 aromatic rings. The van der Waals surface area contributed by atoms with Crippen LogP contribution >= 0.6 is 0 Å². The number of rotatable bonds is 3. The van der Waals surface area contributed by atoms with Crippen molar-refractivity contribution in [3.05, 3.63) is 36.7 Å². The fraction of sp³-hybridized carbons (Fsp3) is 0.214. The van der Waals surface area contributed by atoms with Crippen LogP contribution in [0, 0.1) is 0 Å². The topological polar surface area (TPSA) is 102 Å². The Morgan fingerprint density at radius 1 is 1.33 bits per heavy atom. The van der Waals surface area contributed by atoms with E-state index in [2.05, 4.69) is 15.7 Å². The molecule has 0 aliphatic rings. The quantitative estimate of drug-likeness (QED) is 0.737. The SMILES string of the molecule is CNC(=O)NC(=O)C(C)n1cc(-c2cccc(N)c2)cn1. The third-order valence-corrected chi connectivity index (χ3v) is 3.06. The van der Waals surface area contributed by atoms with Gasteiger partial charge in [0.2, 0.25) is 0 Å². The molecule has 4 N–H and O–H groups in total. The molecule has 7 heteroatoms. The van der Waals surface area contributed by atoms with Gasteiger partial charge in [-0.1, -0.05) is 12.1 Å². The minimum Gasteiger partial charge on any atom is -0.399 e. The lowest BCUT2D eigenvalue weighted by Gasteiger charge is -2.11. The number of benzene rings is 1. The van der Waals surface area contributed by atoms with Gasteiger partial charge in [-0.2, -0.15) is 5.10 Å². The third kappa shape index (κ3) is 3.38. The Labute approximate surface area is 122 Å². The van der Waals surface area contributed by atoms with E-state index in [9.17, 15) is 9.59 Å². The van der Waals surface area contributed by atoms with E-state index in [4.69, 9.17) is 5.73 Å². The first kappa shape index (κ1) is 14.6. The minimum atomic E-state index is -0.600. The standard InChI is InChI=1S/C14H17N5O2/c1-9(13(20)18-14(21)16-2)19-8-11(7-17-19)10-4-3-5-12(15)6-10/h3-9H,15H2,1-2H3,(H2,16,18,20,21). The smallest absolute Gasteiger partial charge is 0.321 e. The molecule has 0 saturated heterocycles. The lowest BCUT2D eigenvalue weighted by Crippen LogP contribution is -2.40. The molecule has 21 heavy (non-hydrogen) atoms. The van der Waals surface area contributed by atoms with Crippen LogP contribution < -0.4 is 16.4 Å². The average molecular weight is 287 g/mol. The van der Waals surface area contributed by atoms with Crippen LogP contribution in [0.4, 0.5) is 10.5 Å². The van der Waals surface area contributed by atoms with E-state index < -0.39 is 18.0 Å². The molecular formula is C14H17N5O2. The molecule has 0 fully saturated rings. The number of nitrogens with zero attached hydrogens (tertiary/aromatic N) is 2.